The predicted molar refractivity (Wildman–Crippen MR) is 115 cm³/mol. The van der Waals surface area contributed by atoms with Crippen molar-refractivity contribution >= 4 is 45.0 Å². The van der Waals surface area contributed by atoms with Crippen LogP contribution in [0, 0.1) is 9.62 Å². The number of likely N-dealkylation sites (N-methyl/N-ethyl adjacent to an activating group) is 1. The second kappa shape index (κ2) is 6.37. The number of hydrogen-bond donors (Lipinski definition) is 1. The number of amides is 1. The fourth-order valence-electron chi connectivity index (χ4n) is 4.68. The van der Waals surface area contributed by atoms with E-state index in [1.165, 1.54) is 31.3 Å². The molecule has 1 aromatic carbocycles. The highest BCUT2D eigenvalue weighted by Gasteiger charge is 2.45. The smallest absolute Gasteiger partial charge is 0.230 e. The van der Waals surface area contributed by atoms with Crippen LogP contribution >= 0.6 is 22.6 Å². The van der Waals surface area contributed by atoms with Crippen molar-refractivity contribution in [2.75, 3.05) is 26.7 Å². The molecule has 1 amide bonds. The summed E-state index contributed by atoms with van der Waals surface area (Å²) in [5, 5.41) is 1.34. The Labute approximate surface area is 168 Å². The van der Waals surface area contributed by atoms with E-state index in [4.69, 9.17) is 0 Å². The zero-order valence-electron chi connectivity index (χ0n) is 15.9. The van der Waals surface area contributed by atoms with Crippen LogP contribution in [0.25, 0.3) is 16.5 Å². The SMILES string of the molecule is CCN(CC)C(=O)[C@@H]1C=C2c3cccc4[nH]c(I)c(c34)C[C@@]2(C)N(C)C1. The lowest BCUT2D eigenvalue weighted by Crippen LogP contribution is -2.54. The molecule has 1 aliphatic carbocycles. The van der Waals surface area contributed by atoms with Crippen LogP contribution in [0.2, 0.25) is 0 Å². The third-order valence-electron chi connectivity index (χ3n) is 6.34. The third kappa shape index (κ3) is 2.47. The Morgan fingerprint density at radius 1 is 1.38 bits per heavy atom. The lowest BCUT2D eigenvalue weighted by atomic mass is 9.71. The van der Waals surface area contributed by atoms with Gasteiger partial charge in [0.15, 0.2) is 0 Å². The minimum Gasteiger partial charge on any atom is -0.350 e. The fraction of sp³-hybridized carbons (Fsp3) is 0.476. The molecule has 0 saturated carbocycles. The summed E-state index contributed by atoms with van der Waals surface area (Å²) in [6, 6.07) is 6.49. The number of nitrogens with one attached hydrogen (secondary N) is 1. The van der Waals surface area contributed by atoms with E-state index in [0.717, 1.165) is 26.1 Å². The number of H-pyrrole nitrogens is 1. The van der Waals surface area contributed by atoms with E-state index in [0.29, 0.717) is 0 Å². The number of hydrogen-bond acceptors (Lipinski definition) is 2. The molecule has 2 atom stereocenters. The molecule has 4 nitrogen and oxygen atoms in total. The largest absolute Gasteiger partial charge is 0.350 e. The Morgan fingerprint density at radius 3 is 2.81 bits per heavy atom. The molecule has 1 N–H and O–H groups in total. The summed E-state index contributed by atoms with van der Waals surface area (Å²) in [6.07, 6.45) is 3.25. The first-order valence-corrected chi connectivity index (χ1v) is 10.5. The molecule has 2 aromatic rings. The van der Waals surface area contributed by atoms with E-state index in [9.17, 15) is 4.79 Å². The molecule has 0 radical (unpaired) electrons. The molecule has 0 fully saturated rings. The van der Waals surface area contributed by atoms with Crippen LogP contribution in [-0.4, -0.2) is 52.9 Å². The van der Waals surface area contributed by atoms with Gasteiger partial charge in [-0.2, -0.15) is 0 Å². The normalized spacial score (nSPS) is 25.1. The highest BCUT2D eigenvalue weighted by molar-refractivity contribution is 14.1. The van der Waals surface area contributed by atoms with Gasteiger partial charge in [0.1, 0.15) is 0 Å². The van der Waals surface area contributed by atoms with Crippen molar-refractivity contribution in [3.05, 3.63) is 39.1 Å². The van der Waals surface area contributed by atoms with Crippen molar-refractivity contribution in [1.82, 2.24) is 14.8 Å². The number of carbonyl (C=O) groups excluding carboxylic acids is 1. The van der Waals surface area contributed by atoms with Crippen molar-refractivity contribution in [1.29, 1.82) is 0 Å². The lowest BCUT2D eigenvalue weighted by molar-refractivity contribution is -0.134. The van der Waals surface area contributed by atoms with Crippen molar-refractivity contribution < 1.29 is 4.79 Å². The highest BCUT2D eigenvalue weighted by Crippen LogP contribution is 2.48. The number of nitrogens with zero attached hydrogens (tertiary/aromatic N) is 2. The Kier molecular flexibility index (Phi) is 4.42. The van der Waals surface area contributed by atoms with Crippen LogP contribution in [0.3, 0.4) is 0 Å². The molecular weight excluding hydrogens is 437 g/mol. The average Bonchev–Trinajstić information content (AvgIpc) is 2.94. The van der Waals surface area contributed by atoms with Gasteiger partial charge in [-0.15, -0.1) is 0 Å². The number of aromatic amines is 1. The van der Waals surface area contributed by atoms with E-state index >= 15 is 0 Å². The monoisotopic (exact) mass is 463 g/mol. The standard InChI is InChI=1S/C21H26IN3O/c1-5-25(6-2)20(26)13-10-16-14-8-7-9-17-18(14)15(19(22)23-17)11-21(16,3)24(4)12-13/h7-10,13,23H,5-6,11-12H2,1-4H3/t13-,21-/m1/s1. The summed E-state index contributed by atoms with van der Waals surface area (Å²) in [6.45, 7) is 8.75. The molecule has 2 heterocycles. The number of carbonyl (C=O) groups is 1. The fourth-order valence-corrected chi connectivity index (χ4v) is 5.44. The van der Waals surface area contributed by atoms with Gasteiger partial charge in [0.25, 0.3) is 0 Å². The van der Waals surface area contributed by atoms with Crippen molar-refractivity contribution in [3.8, 4) is 0 Å². The number of aromatic nitrogens is 1. The molecule has 138 valence electrons. The van der Waals surface area contributed by atoms with Crippen molar-refractivity contribution in [2.24, 2.45) is 5.92 Å². The van der Waals surface area contributed by atoms with Gasteiger partial charge in [-0.25, -0.2) is 0 Å². The molecule has 2 aliphatic rings. The third-order valence-corrected chi connectivity index (χ3v) is 7.26. The van der Waals surface area contributed by atoms with Crippen LogP contribution in [-0.2, 0) is 11.2 Å². The molecule has 1 aromatic heterocycles. The molecular formula is C21H26IN3O. The van der Waals surface area contributed by atoms with E-state index in [-0.39, 0.29) is 17.4 Å². The maximum atomic E-state index is 13.0. The summed E-state index contributed by atoms with van der Waals surface area (Å²) in [7, 11) is 2.17. The van der Waals surface area contributed by atoms with Gasteiger partial charge in [0.05, 0.1) is 9.62 Å². The first kappa shape index (κ1) is 18.0. The Bertz CT molecular complexity index is 911. The van der Waals surface area contributed by atoms with Crippen LogP contribution in [0.1, 0.15) is 31.9 Å². The van der Waals surface area contributed by atoms with Gasteiger partial charge in [0.2, 0.25) is 5.91 Å². The number of halogens is 1. The summed E-state index contributed by atoms with van der Waals surface area (Å²) in [4.78, 5) is 20.9. The number of rotatable bonds is 3. The summed E-state index contributed by atoms with van der Waals surface area (Å²) in [5.74, 6) is 0.177. The Hall–Kier alpha value is -1.34. The van der Waals surface area contributed by atoms with Gasteiger partial charge >= 0.3 is 0 Å². The van der Waals surface area contributed by atoms with E-state index in [1.807, 2.05) is 4.90 Å². The Morgan fingerprint density at radius 2 is 2.12 bits per heavy atom. The minimum atomic E-state index is -0.0715. The molecule has 0 bridgehead atoms. The van der Waals surface area contributed by atoms with Crippen molar-refractivity contribution in [3.63, 3.8) is 0 Å². The van der Waals surface area contributed by atoms with Crippen LogP contribution in [0.5, 0.6) is 0 Å². The molecule has 0 saturated heterocycles. The number of benzene rings is 1. The molecule has 0 spiro atoms. The maximum Gasteiger partial charge on any atom is 0.230 e. The van der Waals surface area contributed by atoms with Crippen molar-refractivity contribution in [2.45, 2.75) is 32.7 Å². The van der Waals surface area contributed by atoms with Crippen LogP contribution in [0.4, 0.5) is 0 Å². The van der Waals surface area contributed by atoms with Crippen LogP contribution in [0.15, 0.2) is 24.3 Å². The topological polar surface area (TPSA) is 39.3 Å². The second-order valence-corrected chi connectivity index (χ2v) is 8.75. The lowest BCUT2D eigenvalue weighted by Gasteiger charge is -2.48. The van der Waals surface area contributed by atoms with Gasteiger partial charge in [-0.3, -0.25) is 9.69 Å². The molecule has 4 rings (SSSR count). The predicted octanol–water partition coefficient (Wildman–Crippen LogP) is 3.90. The van der Waals surface area contributed by atoms with Gasteiger partial charge in [-0.1, -0.05) is 18.2 Å². The summed E-state index contributed by atoms with van der Waals surface area (Å²) >= 11 is 2.42. The van der Waals surface area contributed by atoms with Gasteiger partial charge < -0.3 is 9.88 Å². The first-order chi connectivity index (χ1) is 12.4. The van der Waals surface area contributed by atoms with E-state index in [2.05, 4.69) is 84.6 Å². The van der Waals surface area contributed by atoms with Crippen LogP contribution < -0.4 is 0 Å². The van der Waals surface area contributed by atoms with Gasteiger partial charge in [-0.05, 0) is 79.6 Å². The zero-order valence-corrected chi connectivity index (χ0v) is 18.1. The average molecular weight is 463 g/mol. The first-order valence-electron chi connectivity index (χ1n) is 9.42. The second-order valence-electron chi connectivity index (χ2n) is 7.67. The molecule has 26 heavy (non-hydrogen) atoms. The summed E-state index contributed by atoms with van der Waals surface area (Å²) in [5.41, 5.74) is 5.14. The zero-order chi connectivity index (χ0) is 18.6. The van der Waals surface area contributed by atoms with Gasteiger partial charge in [0, 0.05) is 36.1 Å². The minimum absolute atomic E-state index is 0.0660. The van der Waals surface area contributed by atoms with E-state index < -0.39 is 0 Å². The molecule has 5 heteroatoms. The highest BCUT2D eigenvalue weighted by atomic mass is 127. The summed E-state index contributed by atoms with van der Waals surface area (Å²) < 4.78 is 1.24. The quantitative estimate of drug-likeness (QED) is 0.702. The maximum absolute atomic E-state index is 13.0. The molecule has 0 unspecified atom stereocenters. The Balaban J connectivity index is 1.88. The molecule has 1 aliphatic heterocycles. The van der Waals surface area contributed by atoms with E-state index in [1.54, 1.807) is 0 Å². The number of fused-ring (bicyclic) bond motifs is 2.